The molecule has 0 radical (unpaired) electrons. The second kappa shape index (κ2) is 11.8. The number of carbonyl (C=O) groups is 1. The van der Waals surface area contributed by atoms with Crippen molar-refractivity contribution in [1.29, 1.82) is 0 Å². The molecular formula is C25H30N4O5S. The third-order valence-corrected chi connectivity index (χ3v) is 5.82. The van der Waals surface area contributed by atoms with Crippen LogP contribution in [0.25, 0.3) is 11.1 Å². The highest BCUT2D eigenvalue weighted by molar-refractivity contribution is 7.89. The Kier molecular flexibility index (Phi) is 8.80. The van der Waals surface area contributed by atoms with E-state index in [0.29, 0.717) is 36.7 Å². The molecule has 1 heterocycles. The maximum atomic E-state index is 12.3. The summed E-state index contributed by atoms with van der Waals surface area (Å²) in [7, 11) is -3.68. The number of aliphatic hydroxyl groups is 1. The van der Waals surface area contributed by atoms with Crippen molar-refractivity contribution < 1.29 is 23.1 Å². The van der Waals surface area contributed by atoms with Gasteiger partial charge < -0.3 is 20.9 Å². The molecule has 186 valence electrons. The van der Waals surface area contributed by atoms with E-state index >= 15 is 0 Å². The fourth-order valence-corrected chi connectivity index (χ4v) is 3.98. The van der Waals surface area contributed by atoms with Gasteiger partial charge in [-0.3, -0.25) is 9.78 Å². The SMILES string of the molecule is CCOc1cc(-c2ccc(CCNC[C@H](O)c3cnccc3N)cc2)ccc1C(=O)NS(C)(=O)=O. The molecule has 0 fully saturated rings. The Hall–Kier alpha value is -3.47. The number of nitrogens with two attached hydrogens (primary N) is 1. The second-order valence-electron chi connectivity index (χ2n) is 8.02. The molecule has 5 N–H and O–H groups in total. The summed E-state index contributed by atoms with van der Waals surface area (Å²) in [6, 6.07) is 14.7. The predicted molar refractivity (Wildman–Crippen MR) is 136 cm³/mol. The van der Waals surface area contributed by atoms with Crippen LogP contribution in [0.2, 0.25) is 0 Å². The first kappa shape index (κ1) is 26.1. The fraction of sp³-hybridized carbons (Fsp3) is 0.280. The first-order chi connectivity index (χ1) is 16.7. The van der Waals surface area contributed by atoms with Gasteiger partial charge in [-0.25, -0.2) is 13.1 Å². The Morgan fingerprint density at radius 2 is 1.86 bits per heavy atom. The van der Waals surface area contributed by atoms with Gasteiger partial charge in [0, 0.05) is 30.2 Å². The maximum absolute atomic E-state index is 12.3. The van der Waals surface area contributed by atoms with E-state index in [4.69, 9.17) is 10.5 Å². The van der Waals surface area contributed by atoms with Gasteiger partial charge in [0.25, 0.3) is 5.91 Å². The normalized spacial score (nSPS) is 12.2. The van der Waals surface area contributed by atoms with Crippen molar-refractivity contribution in [3.05, 3.63) is 77.6 Å². The number of ether oxygens (including phenoxy) is 1. The molecule has 0 aliphatic carbocycles. The van der Waals surface area contributed by atoms with Gasteiger partial charge in [-0.1, -0.05) is 30.3 Å². The molecule has 3 rings (SSSR count). The van der Waals surface area contributed by atoms with Crippen molar-refractivity contribution in [2.24, 2.45) is 0 Å². The summed E-state index contributed by atoms with van der Waals surface area (Å²) in [6.07, 6.45) is 4.12. The van der Waals surface area contributed by atoms with E-state index in [0.717, 1.165) is 29.4 Å². The third-order valence-electron chi connectivity index (χ3n) is 5.27. The number of aromatic nitrogens is 1. The molecule has 0 saturated heterocycles. The highest BCUT2D eigenvalue weighted by Gasteiger charge is 2.17. The largest absolute Gasteiger partial charge is 0.493 e. The minimum Gasteiger partial charge on any atom is -0.493 e. The van der Waals surface area contributed by atoms with Crippen LogP contribution in [-0.4, -0.2) is 50.4 Å². The monoisotopic (exact) mass is 498 g/mol. The highest BCUT2D eigenvalue weighted by atomic mass is 32.2. The summed E-state index contributed by atoms with van der Waals surface area (Å²) < 4.78 is 30.4. The first-order valence-electron chi connectivity index (χ1n) is 11.1. The Bertz CT molecular complexity index is 1260. The van der Waals surface area contributed by atoms with Gasteiger partial charge in [0.05, 0.1) is 24.5 Å². The van der Waals surface area contributed by atoms with Gasteiger partial charge in [0.1, 0.15) is 5.75 Å². The standard InChI is InChI=1S/C25H30N4O5S/c1-3-34-24-14-19(8-9-20(24)25(31)29-35(2,32)33)18-6-4-17(5-7-18)10-12-28-16-23(30)21-15-27-13-11-22(21)26/h4-9,11,13-15,23,28,30H,3,10,12,16H2,1-2H3,(H2,26,27)(H,29,31)/t23-/m0/s1. The number of anilines is 1. The number of aliphatic hydroxyl groups excluding tert-OH is 1. The Morgan fingerprint density at radius 3 is 2.51 bits per heavy atom. The molecule has 2 aromatic carbocycles. The minimum atomic E-state index is -3.68. The van der Waals surface area contributed by atoms with Crippen LogP contribution in [0.1, 0.15) is 34.5 Å². The summed E-state index contributed by atoms with van der Waals surface area (Å²) in [6.45, 7) is 3.16. The van der Waals surface area contributed by atoms with Crippen molar-refractivity contribution in [2.75, 3.05) is 31.7 Å². The lowest BCUT2D eigenvalue weighted by atomic mass is 10.0. The van der Waals surface area contributed by atoms with Crippen molar-refractivity contribution in [3.63, 3.8) is 0 Å². The molecule has 9 nitrogen and oxygen atoms in total. The number of sulfonamides is 1. The van der Waals surface area contributed by atoms with Crippen molar-refractivity contribution in [1.82, 2.24) is 15.0 Å². The van der Waals surface area contributed by atoms with E-state index in [2.05, 4.69) is 10.3 Å². The van der Waals surface area contributed by atoms with Crippen molar-refractivity contribution in [2.45, 2.75) is 19.4 Å². The topological polar surface area (TPSA) is 144 Å². The van der Waals surface area contributed by atoms with E-state index in [1.807, 2.05) is 29.0 Å². The zero-order chi connectivity index (χ0) is 25.4. The van der Waals surface area contributed by atoms with E-state index in [1.165, 1.54) is 0 Å². The molecule has 0 saturated carbocycles. The van der Waals surface area contributed by atoms with Crippen LogP contribution in [0.4, 0.5) is 5.69 Å². The van der Waals surface area contributed by atoms with Gasteiger partial charge in [-0.15, -0.1) is 0 Å². The zero-order valence-corrected chi connectivity index (χ0v) is 20.5. The number of benzene rings is 2. The van der Waals surface area contributed by atoms with Crippen molar-refractivity contribution >= 4 is 21.6 Å². The lowest BCUT2D eigenvalue weighted by Crippen LogP contribution is -2.29. The number of carbonyl (C=O) groups excluding carboxylic acids is 1. The average Bonchev–Trinajstić information content (AvgIpc) is 2.81. The van der Waals surface area contributed by atoms with Crippen LogP contribution in [0.5, 0.6) is 5.75 Å². The molecule has 0 aliphatic heterocycles. The lowest BCUT2D eigenvalue weighted by Gasteiger charge is -2.14. The third kappa shape index (κ3) is 7.51. The quantitative estimate of drug-likeness (QED) is 0.295. The predicted octanol–water partition coefficient (Wildman–Crippen LogP) is 2.28. The molecule has 1 amide bonds. The summed E-state index contributed by atoms with van der Waals surface area (Å²) in [4.78, 5) is 16.3. The lowest BCUT2D eigenvalue weighted by molar-refractivity contribution is 0.0978. The van der Waals surface area contributed by atoms with E-state index in [1.54, 1.807) is 43.6 Å². The molecule has 0 spiro atoms. The van der Waals surface area contributed by atoms with Crippen LogP contribution in [0.15, 0.2) is 60.9 Å². The highest BCUT2D eigenvalue weighted by Crippen LogP contribution is 2.28. The van der Waals surface area contributed by atoms with Crippen LogP contribution >= 0.6 is 0 Å². The number of nitrogen functional groups attached to an aromatic ring is 1. The zero-order valence-electron chi connectivity index (χ0n) is 19.7. The summed E-state index contributed by atoms with van der Waals surface area (Å²) in [5, 5.41) is 13.5. The summed E-state index contributed by atoms with van der Waals surface area (Å²) in [5.74, 6) is -0.422. The molecule has 0 bridgehead atoms. The van der Waals surface area contributed by atoms with Gasteiger partial charge in [-0.2, -0.15) is 0 Å². The second-order valence-corrected chi connectivity index (χ2v) is 9.77. The smallest absolute Gasteiger partial charge is 0.268 e. The molecule has 1 aromatic heterocycles. The van der Waals surface area contributed by atoms with E-state index in [-0.39, 0.29) is 5.56 Å². The first-order valence-corrected chi connectivity index (χ1v) is 13.0. The van der Waals surface area contributed by atoms with E-state index < -0.39 is 22.0 Å². The molecule has 35 heavy (non-hydrogen) atoms. The number of hydrogen-bond acceptors (Lipinski definition) is 8. The fourth-order valence-electron chi connectivity index (χ4n) is 3.53. The molecule has 0 unspecified atom stereocenters. The number of rotatable bonds is 11. The number of hydrogen-bond donors (Lipinski definition) is 4. The molecule has 0 aliphatic rings. The summed E-state index contributed by atoms with van der Waals surface area (Å²) in [5.41, 5.74) is 10.0. The minimum absolute atomic E-state index is 0.152. The number of amides is 1. The Balaban J connectivity index is 1.61. The maximum Gasteiger partial charge on any atom is 0.268 e. The number of nitrogens with zero attached hydrogens (tertiary/aromatic N) is 1. The van der Waals surface area contributed by atoms with Crippen molar-refractivity contribution in [3.8, 4) is 16.9 Å². The van der Waals surface area contributed by atoms with Crippen LogP contribution < -0.4 is 20.5 Å². The molecular weight excluding hydrogens is 468 g/mol. The Labute approximate surface area is 205 Å². The van der Waals surface area contributed by atoms with Gasteiger partial charge in [0.15, 0.2) is 0 Å². The van der Waals surface area contributed by atoms with Gasteiger partial charge in [0.2, 0.25) is 10.0 Å². The molecule has 3 aromatic rings. The van der Waals surface area contributed by atoms with Crippen LogP contribution in [0, 0.1) is 0 Å². The van der Waals surface area contributed by atoms with E-state index in [9.17, 15) is 18.3 Å². The number of pyridine rings is 1. The number of nitrogens with one attached hydrogen (secondary N) is 2. The van der Waals surface area contributed by atoms with Crippen LogP contribution in [-0.2, 0) is 16.4 Å². The van der Waals surface area contributed by atoms with Crippen LogP contribution in [0.3, 0.4) is 0 Å². The van der Waals surface area contributed by atoms with Gasteiger partial charge >= 0.3 is 0 Å². The Morgan fingerprint density at radius 1 is 1.14 bits per heavy atom. The average molecular weight is 499 g/mol. The molecule has 1 atom stereocenters. The molecule has 10 heteroatoms. The summed E-state index contributed by atoms with van der Waals surface area (Å²) >= 11 is 0. The van der Waals surface area contributed by atoms with Gasteiger partial charge in [-0.05, 0) is 54.8 Å².